The van der Waals surface area contributed by atoms with E-state index in [4.69, 9.17) is 9.47 Å². The Kier molecular flexibility index (Phi) is 10.5. The molecule has 2 saturated heterocycles. The lowest BCUT2D eigenvalue weighted by Gasteiger charge is -2.32. The normalized spacial score (nSPS) is 18.5. The number of rotatable bonds is 12. The van der Waals surface area contributed by atoms with Gasteiger partial charge in [0, 0.05) is 62.5 Å². The summed E-state index contributed by atoms with van der Waals surface area (Å²) in [6.45, 7) is 1.78. The van der Waals surface area contributed by atoms with Crippen LogP contribution in [0.2, 0.25) is 0 Å². The fourth-order valence-corrected chi connectivity index (χ4v) is 10.2. The molecule has 1 atom stereocenters. The number of pyridine rings is 1. The second-order valence-electron chi connectivity index (χ2n) is 16.7. The van der Waals surface area contributed by atoms with E-state index in [1.54, 1.807) is 18.3 Å². The van der Waals surface area contributed by atoms with E-state index in [9.17, 15) is 23.3 Å². The number of hydrogen-bond acceptors (Lipinski definition) is 11. The number of benzene rings is 4. The highest BCUT2D eigenvalue weighted by atomic mass is 32.2. The lowest BCUT2D eigenvalue weighted by atomic mass is 9.95. The first-order valence-corrected chi connectivity index (χ1v) is 22.9. The average Bonchev–Trinajstić information content (AvgIpc) is 3.84. The molecule has 3 N–H and O–H groups in total. The summed E-state index contributed by atoms with van der Waals surface area (Å²) in [5, 5.41) is 15.8. The Morgan fingerprint density at radius 1 is 0.905 bits per heavy atom. The molecule has 3 aliphatic heterocycles. The highest BCUT2D eigenvalue weighted by molar-refractivity contribution is 7.90. The first kappa shape index (κ1) is 40.5. The van der Waals surface area contributed by atoms with Crippen LogP contribution in [0.5, 0.6) is 5.88 Å². The van der Waals surface area contributed by atoms with Crippen molar-refractivity contribution in [3.8, 4) is 17.0 Å². The number of carbonyl (C=O) groups excluding carboxylic acids is 1. The van der Waals surface area contributed by atoms with Crippen LogP contribution >= 0.6 is 0 Å². The zero-order valence-electron chi connectivity index (χ0n) is 34.4. The number of halogens is 1. The van der Waals surface area contributed by atoms with E-state index in [1.165, 1.54) is 30.0 Å². The number of aromatic nitrogens is 2. The monoisotopic (exact) mass is 871 g/mol. The van der Waals surface area contributed by atoms with Crippen LogP contribution in [0.1, 0.15) is 72.0 Å². The summed E-state index contributed by atoms with van der Waals surface area (Å²) in [7, 11) is -4.65. The molecule has 0 radical (unpaired) electrons. The molecule has 1 unspecified atom stereocenters. The van der Waals surface area contributed by atoms with Crippen molar-refractivity contribution in [2.24, 2.45) is 0 Å². The molecule has 63 heavy (non-hydrogen) atoms. The Balaban J connectivity index is 0.960. The van der Waals surface area contributed by atoms with E-state index in [2.05, 4.69) is 73.4 Å². The standard InChI is InChI=1S/C47H46FN7O7S/c48-47(18-23-61-24-19-47)29-50-39-16-14-35(28-42(39)55(57)58)63(59,60)52-45(56)38-15-11-32(26-41(38)54-22-25-62-46-43(54)27-33-17-20-49-44(33)51-46)30-9-12-34(13-10-30)53-21-3-6-40(53)37-5-2-1-4-36(37)31-7-8-31/h1-2,4-5,9-17,20,26-28,31,40,50H,3,6-8,18-19,21-25,29H2,(H,49,51)(H,52,56). The quantitative estimate of drug-likeness (QED) is 0.0792. The van der Waals surface area contributed by atoms with Gasteiger partial charge in [-0.05, 0) is 102 Å². The van der Waals surface area contributed by atoms with Crippen molar-refractivity contribution in [3.05, 3.63) is 130 Å². The number of nitro groups is 1. The Labute approximate surface area is 363 Å². The van der Waals surface area contributed by atoms with Gasteiger partial charge in [0.2, 0.25) is 5.88 Å². The van der Waals surface area contributed by atoms with Crippen LogP contribution in [0.3, 0.4) is 0 Å². The zero-order valence-corrected chi connectivity index (χ0v) is 35.2. The van der Waals surface area contributed by atoms with Gasteiger partial charge in [-0.2, -0.15) is 4.98 Å². The summed E-state index contributed by atoms with van der Waals surface area (Å²) in [6.07, 6.45) is 6.72. The zero-order chi connectivity index (χ0) is 43.3. The SMILES string of the molecule is O=C(NS(=O)(=O)c1ccc(NCC2(F)CCOCC2)c([N+](=O)[O-])c1)c1ccc(-c2ccc(N3CCCC3c3ccccc3C3CC3)cc2)cc1N1CCOc2nc3[nH]ccc3cc21. The fraction of sp³-hybridized carbons (Fsp3) is 0.319. The molecule has 0 bridgehead atoms. The number of fused-ring (bicyclic) bond motifs is 2. The predicted molar refractivity (Wildman–Crippen MR) is 238 cm³/mol. The van der Waals surface area contributed by atoms with E-state index in [0.717, 1.165) is 53.7 Å². The van der Waals surface area contributed by atoms with Gasteiger partial charge in [-0.3, -0.25) is 14.9 Å². The van der Waals surface area contributed by atoms with Gasteiger partial charge < -0.3 is 29.6 Å². The van der Waals surface area contributed by atoms with E-state index < -0.39 is 37.1 Å². The summed E-state index contributed by atoms with van der Waals surface area (Å²) in [5.41, 5.74) is 5.16. The minimum Gasteiger partial charge on any atom is -0.474 e. The van der Waals surface area contributed by atoms with Crippen LogP contribution < -0.4 is 24.6 Å². The lowest BCUT2D eigenvalue weighted by Crippen LogP contribution is -2.38. The number of aromatic amines is 1. The Morgan fingerprint density at radius 3 is 2.46 bits per heavy atom. The van der Waals surface area contributed by atoms with Gasteiger partial charge in [-0.25, -0.2) is 17.5 Å². The molecule has 6 aromatic rings. The first-order valence-electron chi connectivity index (χ1n) is 21.4. The maximum absolute atomic E-state index is 15.3. The van der Waals surface area contributed by atoms with E-state index in [1.807, 2.05) is 23.1 Å². The number of anilines is 4. The van der Waals surface area contributed by atoms with E-state index in [0.29, 0.717) is 41.4 Å². The second-order valence-corrected chi connectivity index (χ2v) is 18.4. The Hall–Kier alpha value is -6.52. The molecular weight excluding hydrogens is 826 g/mol. The number of amides is 1. The number of carbonyl (C=O) groups is 1. The molecule has 0 spiro atoms. The molecule has 10 rings (SSSR count). The molecule has 324 valence electrons. The summed E-state index contributed by atoms with van der Waals surface area (Å²) in [6, 6.07) is 29.8. The van der Waals surface area contributed by atoms with E-state index >= 15 is 4.39 Å². The molecular formula is C47H46FN7O7S. The first-order chi connectivity index (χ1) is 30.5. The van der Waals surface area contributed by atoms with Crippen molar-refractivity contribution >= 4 is 55.4 Å². The van der Waals surface area contributed by atoms with Crippen molar-refractivity contribution in [1.29, 1.82) is 0 Å². The third kappa shape index (κ3) is 8.04. The number of sulfonamides is 1. The van der Waals surface area contributed by atoms with Crippen LogP contribution in [-0.4, -0.2) is 74.3 Å². The number of nitrogens with zero attached hydrogens (tertiary/aromatic N) is 4. The smallest absolute Gasteiger partial charge is 0.293 e. The molecule has 1 amide bonds. The number of ether oxygens (including phenoxy) is 2. The maximum Gasteiger partial charge on any atom is 0.293 e. The van der Waals surface area contributed by atoms with Crippen molar-refractivity contribution in [2.45, 2.75) is 61.0 Å². The molecule has 5 heterocycles. The Morgan fingerprint density at radius 2 is 1.68 bits per heavy atom. The van der Waals surface area contributed by atoms with Gasteiger partial charge >= 0.3 is 0 Å². The van der Waals surface area contributed by atoms with Gasteiger partial charge in [0.1, 0.15) is 29.3 Å². The van der Waals surface area contributed by atoms with Crippen molar-refractivity contribution in [1.82, 2.24) is 14.7 Å². The largest absolute Gasteiger partial charge is 0.474 e. The van der Waals surface area contributed by atoms with Gasteiger partial charge in [0.05, 0.1) is 33.7 Å². The molecule has 4 aromatic carbocycles. The maximum atomic E-state index is 15.3. The third-order valence-electron chi connectivity index (χ3n) is 12.7. The fourth-order valence-electron chi connectivity index (χ4n) is 9.19. The summed E-state index contributed by atoms with van der Waals surface area (Å²) in [5.74, 6) is 0.0693. The number of alkyl halides is 1. The second kappa shape index (κ2) is 16.3. The van der Waals surface area contributed by atoms with Crippen LogP contribution in [0.4, 0.5) is 32.8 Å². The molecule has 1 saturated carbocycles. The van der Waals surface area contributed by atoms with Crippen LogP contribution in [-0.2, 0) is 14.8 Å². The topological polar surface area (TPSA) is 172 Å². The predicted octanol–water partition coefficient (Wildman–Crippen LogP) is 8.94. The third-order valence-corrected chi connectivity index (χ3v) is 14.0. The van der Waals surface area contributed by atoms with Gasteiger partial charge in [-0.15, -0.1) is 0 Å². The summed E-state index contributed by atoms with van der Waals surface area (Å²) in [4.78, 5) is 37.3. The van der Waals surface area contributed by atoms with Crippen molar-refractivity contribution < 1.29 is 32.0 Å². The number of nitro benzene ring substituents is 1. The van der Waals surface area contributed by atoms with Gasteiger partial charge in [-0.1, -0.05) is 42.5 Å². The minimum absolute atomic E-state index is 0.0463. The number of nitrogens with one attached hydrogen (secondary N) is 3. The highest BCUT2D eigenvalue weighted by Gasteiger charge is 2.35. The molecule has 3 fully saturated rings. The van der Waals surface area contributed by atoms with Gasteiger partial charge in [0.25, 0.3) is 21.6 Å². The number of H-pyrrole nitrogens is 1. The summed E-state index contributed by atoms with van der Waals surface area (Å²) >= 11 is 0. The summed E-state index contributed by atoms with van der Waals surface area (Å²) < 4.78 is 56.4. The molecule has 14 nitrogen and oxygen atoms in total. The number of hydrogen-bond donors (Lipinski definition) is 3. The van der Waals surface area contributed by atoms with Crippen LogP contribution in [0.25, 0.3) is 22.2 Å². The van der Waals surface area contributed by atoms with Crippen molar-refractivity contribution in [2.75, 3.05) is 54.6 Å². The Bertz CT molecular complexity index is 2840. The van der Waals surface area contributed by atoms with E-state index in [-0.39, 0.29) is 50.5 Å². The lowest BCUT2D eigenvalue weighted by molar-refractivity contribution is -0.384. The molecule has 1 aliphatic carbocycles. The average molecular weight is 872 g/mol. The highest BCUT2D eigenvalue weighted by Crippen LogP contribution is 2.47. The van der Waals surface area contributed by atoms with Crippen LogP contribution in [0.15, 0.2) is 108 Å². The van der Waals surface area contributed by atoms with Gasteiger partial charge in [0.15, 0.2) is 0 Å². The van der Waals surface area contributed by atoms with Crippen molar-refractivity contribution in [3.63, 3.8) is 0 Å². The molecule has 2 aromatic heterocycles. The molecule has 16 heteroatoms. The van der Waals surface area contributed by atoms with Crippen LogP contribution in [0, 0.1) is 10.1 Å². The molecule has 4 aliphatic rings. The minimum atomic E-state index is -4.65.